The van der Waals surface area contributed by atoms with Crippen LogP contribution in [0.4, 0.5) is 13.2 Å². The van der Waals surface area contributed by atoms with E-state index in [4.69, 9.17) is 4.84 Å². The molecular weight excluding hydrogens is 329 g/mol. The van der Waals surface area contributed by atoms with E-state index in [1.54, 1.807) is 0 Å². The van der Waals surface area contributed by atoms with Crippen LogP contribution in [0.2, 0.25) is 0 Å². The van der Waals surface area contributed by atoms with Crippen LogP contribution in [0, 0.1) is 23.2 Å². The lowest BCUT2D eigenvalue weighted by molar-refractivity contribution is -0.136. The van der Waals surface area contributed by atoms with Crippen molar-refractivity contribution in [2.75, 3.05) is 0 Å². The van der Waals surface area contributed by atoms with Gasteiger partial charge in [0.05, 0.1) is 11.8 Å². The summed E-state index contributed by atoms with van der Waals surface area (Å²) in [6.07, 6.45) is -1.53. The molecule has 3 nitrogen and oxygen atoms in total. The third-order valence-corrected chi connectivity index (χ3v) is 4.59. The Labute approximate surface area is 146 Å². The van der Waals surface area contributed by atoms with E-state index in [1.807, 2.05) is 30.3 Å². The first-order chi connectivity index (χ1) is 12.0. The molecule has 0 saturated heterocycles. The van der Waals surface area contributed by atoms with Gasteiger partial charge in [0.1, 0.15) is 6.61 Å². The van der Waals surface area contributed by atoms with Gasteiger partial charge in [-0.15, -0.1) is 0 Å². The second-order valence-electron chi connectivity index (χ2n) is 6.50. The van der Waals surface area contributed by atoms with E-state index in [0.29, 0.717) is 13.0 Å². The minimum Gasteiger partial charge on any atom is -0.391 e. The van der Waals surface area contributed by atoms with Gasteiger partial charge in [-0.05, 0) is 50.0 Å². The number of nitriles is 1. The summed E-state index contributed by atoms with van der Waals surface area (Å²) in [6.45, 7) is 0.423. The topological polar surface area (TPSA) is 45.4 Å². The highest BCUT2D eigenvalue weighted by Gasteiger charge is 2.29. The first-order valence-corrected chi connectivity index (χ1v) is 8.66. The molecule has 136 valence electrons. The molecule has 1 unspecified atom stereocenters. The van der Waals surface area contributed by atoms with E-state index in [2.05, 4.69) is 11.2 Å². The minimum atomic E-state index is -4.14. The highest BCUT2D eigenvalue weighted by molar-refractivity contribution is 5.84. The molecule has 0 heterocycles. The molecule has 0 spiro atoms. The second kappa shape index (κ2) is 9.45. The van der Waals surface area contributed by atoms with E-state index in [9.17, 15) is 18.4 Å². The predicted octanol–water partition coefficient (Wildman–Crippen LogP) is 5.62. The fourth-order valence-electron chi connectivity index (χ4n) is 3.17. The lowest BCUT2D eigenvalue weighted by atomic mass is 9.78. The van der Waals surface area contributed by atoms with E-state index >= 15 is 0 Å². The van der Waals surface area contributed by atoms with Crippen molar-refractivity contribution < 1.29 is 18.0 Å². The molecule has 0 aromatic heterocycles. The average molecular weight is 352 g/mol. The number of hydrogen-bond donors (Lipinski definition) is 0. The summed E-state index contributed by atoms with van der Waals surface area (Å²) in [5, 5.41) is 13.4. The Morgan fingerprint density at radius 1 is 1.20 bits per heavy atom. The Morgan fingerprint density at radius 2 is 1.88 bits per heavy atom. The van der Waals surface area contributed by atoms with Crippen LogP contribution in [-0.4, -0.2) is 11.9 Å². The van der Waals surface area contributed by atoms with Gasteiger partial charge in [0, 0.05) is 12.3 Å². The molecule has 1 aliphatic rings. The van der Waals surface area contributed by atoms with Gasteiger partial charge in [0.15, 0.2) is 0 Å². The fraction of sp³-hybridized carbons (Fsp3) is 0.579. The fourth-order valence-corrected chi connectivity index (χ4v) is 3.17. The van der Waals surface area contributed by atoms with Crippen LogP contribution in [-0.2, 0) is 11.4 Å². The summed E-state index contributed by atoms with van der Waals surface area (Å²) in [6, 6.07) is 12.0. The number of rotatable bonds is 7. The number of hydrogen-bond acceptors (Lipinski definition) is 3. The summed E-state index contributed by atoms with van der Waals surface area (Å²) in [4.78, 5) is 5.38. The molecule has 0 radical (unpaired) electrons. The van der Waals surface area contributed by atoms with Crippen molar-refractivity contribution in [3.8, 4) is 6.07 Å². The molecule has 0 bridgehead atoms. The standard InChI is InChI=1S/C19H23F3N2O/c20-19(21,22)12-4-7-17(13-23)16-8-10-18(11-9-16)24-25-14-15-5-2-1-3-6-15/h1-3,5-6,16-17H,4,7-12,14H2. The summed E-state index contributed by atoms with van der Waals surface area (Å²) >= 11 is 0. The third kappa shape index (κ3) is 7.16. The van der Waals surface area contributed by atoms with E-state index in [0.717, 1.165) is 37.0 Å². The molecule has 1 saturated carbocycles. The molecule has 1 aromatic carbocycles. The molecule has 0 N–H and O–H groups in total. The number of halogens is 3. The summed E-state index contributed by atoms with van der Waals surface area (Å²) in [5.74, 6) is -0.138. The van der Waals surface area contributed by atoms with Gasteiger partial charge in [-0.25, -0.2) is 0 Å². The SMILES string of the molecule is N#CC(CCCC(F)(F)F)C1CCC(=NOCc2ccccc2)CC1. The van der Waals surface area contributed by atoms with Crippen molar-refractivity contribution in [1.82, 2.24) is 0 Å². The molecule has 1 aromatic rings. The van der Waals surface area contributed by atoms with E-state index in [-0.39, 0.29) is 18.3 Å². The average Bonchev–Trinajstić information content (AvgIpc) is 2.60. The van der Waals surface area contributed by atoms with Crippen LogP contribution in [0.5, 0.6) is 0 Å². The number of oxime groups is 1. The van der Waals surface area contributed by atoms with Crippen LogP contribution in [0.3, 0.4) is 0 Å². The zero-order valence-corrected chi connectivity index (χ0v) is 14.1. The van der Waals surface area contributed by atoms with Crippen molar-refractivity contribution in [3.05, 3.63) is 35.9 Å². The van der Waals surface area contributed by atoms with Crippen molar-refractivity contribution in [2.45, 2.75) is 57.7 Å². The van der Waals surface area contributed by atoms with Gasteiger partial charge in [-0.2, -0.15) is 18.4 Å². The molecule has 2 rings (SSSR count). The summed E-state index contributed by atoms with van der Waals surface area (Å²) in [5.41, 5.74) is 2.02. The third-order valence-electron chi connectivity index (χ3n) is 4.59. The van der Waals surface area contributed by atoms with Gasteiger partial charge in [-0.3, -0.25) is 0 Å². The Bertz CT molecular complexity index is 583. The second-order valence-corrected chi connectivity index (χ2v) is 6.50. The van der Waals surface area contributed by atoms with Gasteiger partial charge in [0.2, 0.25) is 0 Å². The predicted molar refractivity (Wildman–Crippen MR) is 89.6 cm³/mol. The van der Waals surface area contributed by atoms with Crippen LogP contribution < -0.4 is 0 Å². The largest absolute Gasteiger partial charge is 0.391 e. The molecule has 1 atom stereocenters. The maximum atomic E-state index is 12.2. The first kappa shape index (κ1) is 19.3. The summed E-state index contributed by atoms with van der Waals surface area (Å²) in [7, 11) is 0. The van der Waals surface area contributed by atoms with Crippen molar-refractivity contribution in [1.29, 1.82) is 5.26 Å². The number of benzene rings is 1. The van der Waals surface area contributed by atoms with Crippen LogP contribution >= 0.6 is 0 Å². The molecule has 0 amide bonds. The van der Waals surface area contributed by atoms with Gasteiger partial charge < -0.3 is 4.84 Å². The van der Waals surface area contributed by atoms with E-state index < -0.39 is 12.6 Å². The lowest BCUT2D eigenvalue weighted by Crippen LogP contribution is -2.21. The minimum absolute atomic E-state index is 0.0271. The quantitative estimate of drug-likeness (QED) is 0.598. The molecule has 0 aliphatic heterocycles. The summed E-state index contributed by atoms with van der Waals surface area (Å²) < 4.78 is 36.7. The van der Waals surface area contributed by atoms with Crippen LogP contribution in [0.1, 0.15) is 50.5 Å². The lowest BCUT2D eigenvalue weighted by Gasteiger charge is -2.26. The Balaban J connectivity index is 1.72. The smallest absolute Gasteiger partial charge is 0.389 e. The Morgan fingerprint density at radius 3 is 2.48 bits per heavy atom. The van der Waals surface area contributed by atoms with Gasteiger partial charge >= 0.3 is 6.18 Å². The number of alkyl halides is 3. The van der Waals surface area contributed by atoms with Crippen molar-refractivity contribution in [3.63, 3.8) is 0 Å². The Kier molecular flexibility index (Phi) is 7.30. The maximum absolute atomic E-state index is 12.2. The van der Waals surface area contributed by atoms with Crippen molar-refractivity contribution >= 4 is 5.71 Å². The highest BCUT2D eigenvalue weighted by atomic mass is 19.4. The van der Waals surface area contributed by atoms with E-state index in [1.165, 1.54) is 0 Å². The zero-order valence-electron chi connectivity index (χ0n) is 14.1. The van der Waals surface area contributed by atoms with Gasteiger partial charge in [0.25, 0.3) is 0 Å². The molecule has 1 aliphatic carbocycles. The molecule has 25 heavy (non-hydrogen) atoms. The van der Waals surface area contributed by atoms with Crippen LogP contribution in [0.15, 0.2) is 35.5 Å². The Hall–Kier alpha value is -2.03. The van der Waals surface area contributed by atoms with Crippen LogP contribution in [0.25, 0.3) is 0 Å². The molecule has 6 heteroatoms. The number of nitrogens with zero attached hydrogens (tertiary/aromatic N) is 2. The molecule has 1 fully saturated rings. The highest BCUT2D eigenvalue weighted by Crippen LogP contribution is 2.33. The van der Waals surface area contributed by atoms with Crippen molar-refractivity contribution in [2.24, 2.45) is 17.0 Å². The normalized spacial score (nSPS) is 19.1. The first-order valence-electron chi connectivity index (χ1n) is 8.66. The molecular formula is C19H23F3N2O. The maximum Gasteiger partial charge on any atom is 0.389 e. The zero-order chi connectivity index (χ0) is 18.1. The van der Waals surface area contributed by atoms with Gasteiger partial charge in [-0.1, -0.05) is 35.5 Å². The monoisotopic (exact) mass is 352 g/mol.